The van der Waals surface area contributed by atoms with Gasteiger partial charge < -0.3 is 11.1 Å². The molecule has 0 aromatic carbocycles. The minimum atomic E-state index is -0.0745. The van der Waals surface area contributed by atoms with Gasteiger partial charge in [0.05, 0.1) is 0 Å². The van der Waals surface area contributed by atoms with Crippen molar-refractivity contribution in [3.8, 4) is 0 Å². The molecule has 100 valence electrons. The van der Waals surface area contributed by atoms with E-state index in [2.05, 4.69) is 5.32 Å². The van der Waals surface area contributed by atoms with E-state index in [0.29, 0.717) is 13.0 Å². The summed E-state index contributed by atoms with van der Waals surface area (Å²) >= 11 is 0. The summed E-state index contributed by atoms with van der Waals surface area (Å²) in [5.41, 5.74) is 5.55. The van der Waals surface area contributed by atoms with Crippen molar-refractivity contribution in [3.05, 3.63) is 0 Å². The minimum absolute atomic E-state index is 0.0745. The number of carbonyl (C=O) groups is 1. The van der Waals surface area contributed by atoms with Gasteiger partial charge in [-0.05, 0) is 24.3 Å². The molecule has 0 aromatic heterocycles. The van der Waals surface area contributed by atoms with Gasteiger partial charge in [0.25, 0.3) is 0 Å². The predicted octanol–water partition coefficient (Wildman–Crippen LogP) is 2.45. The zero-order valence-corrected chi connectivity index (χ0v) is 11.4. The van der Waals surface area contributed by atoms with Crippen molar-refractivity contribution in [2.24, 2.45) is 17.1 Å². The monoisotopic (exact) mass is 240 g/mol. The lowest BCUT2D eigenvalue weighted by atomic mass is 9.87. The van der Waals surface area contributed by atoms with Crippen molar-refractivity contribution in [2.45, 2.75) is 58.8 Å². The molecule has 0 saturated heterocycles. The molecule has 0 unspecified atom stereocenters. The van der Waals surface area contributed by atoms with E-state index in [1.54, 1.807) is 0 Å². The molecule has 0 spiro atoms. The largest absolute Gasteiger partial charge is 0.356 e. The van der Waals surface area contributed by atoms with Crippen molar-refractivity contribution in [2.75, 3.05) is 13.1 Å². The van der Waals surface area contributed by atoms with Crippen LogP contribution in [-0.2, 0) is 4.79 Å². The SMILES string of the molecule is CC(C)(CN)CC(=O)NCCC1CCCCC1. The molecule has 17 heavy (non-hydrogen) atoms. The average molecular weight is 240 g/mol. The summed E-state index contributed by atoms with van der Waals surface area (Å²) in [5, 5.41) is 3.03. The van der Waals surface area contributed by atoms with Crippen LogP contribution in [0.3, 0.4) is 0 Å². The highest BCUT2D eigenvalue weighted by Gasteiger charge is 2.20. The number of carbonyl (C=O) groups excluding carboxylic acids is 1. The molecule has 0 radical (unpaired) electrons. The summed E-state index contributed by atoms with van der Waals surface area (Å²) in [6.45, 7) is 5.47. The summed E-state index contributed by atoms with van der Waals surface area (Å²) in [7, 11) is 0. The zero-order valence-electron chi connectivity index (χ0n) is 11.4. The third-order valence-electron chi connectivity index (χ3n) is 3.79. The van der Waals surface area contributed by atoms with Gasteiger partial charge in [-0.1, -0.05) is 46.0 Å². The minimum Gasteiger partial charge on any atom is -0.356 e. The van der Waals surface area contributed by atoms with E-state index < -0.39 is 0 Å². The number of nitrogens with two attached hydrogens (primary N) is 1. The Morgan fingerprint density at radius 1 is 1.29 bits per heavy atom. The maximum atomic E-state index is 11.7. The van der Waals surface area contributed by atoms with E-state index in [9.17, 15) is 4.79 Å². The molecule has 1 amide bonds. The van der Waals surface area contributed by atoms with Crippen LogP contribution in [0, 0.1) is 11.3 Å². The van der Waals surface area contributed by atoms with Gasteiger partial charge in [0.2, 0.25) is 5.91 Å². The van der Waals surface area contributed by atoms with Gasteiger partial charge in [0, 0.05) is 13.0 Å². The molecule has 0 bridgehead atoms. The highest BCUT2D eigenvalue weighted by molar-refractivity contribution is 5.76. The Morgan fingerprint density at radius 2 is 1.94 bits per heavy atom. The Bertz CT molecular complexity index is 232. The van der Waals surface area contributed by atoms with Crippen LogP contribution in [-0.4, -0.2) is 19.0 Å². The number of nitrogens with one attached hydrogen (secondary N) is 1. The van der Waals surface area contributed by atoms with Crippen molar-refractivity contribution in [3.63, 3.8) is 0 Å². The van der Waals surface area contributed by atoms with E-state index in [1.165, 1.54) is 32.1 Å². The van der Waals surface area contributed by atoms with Gasteiger partial charge in [0.15, 0.2) is 0 Å². The van der Waals surface area contributed by atoms with Crippen LogP contribution in [0.25, 0.3) is 0 Å². The molecule has 1 saturated carbocycles. The Morgan fingerprint density at radius 3 is 2.53 bits per heavy atom. The zero-order chi connectivity index (χ0) is 12.7. The van der Waals surface area contributed by atoms with Crippen molar-refractivity contribution in [1.29, 1.82) is 0 Å². The Labute approximate surface area is 106 Å². The molecular weight excluding hydrogens is 212 g/mol. The van der Waals surface area contributed by atoms with Crippen LogP contribution in [0.15, 0.2) is 0 Å². The van der Waals surface area contributed by atoms with Gasteiger partial charge in [-0.3, -0.25) is 4.79 Å². The Balaban J connectivity index is 2.11. The first-order valence-corrected chi connectivity index (χ1v) is 7.00. The van der Waals surface area contributed by atoms with Crippen LogP contribution < -0.4 is 11.1 Å². The van der Waals surface area contributed by atoms with E-state index in [0.717, 1.165) is 18.9 Å². The molecule has 0 aromatic rings. The molecule has 0 atom stereocenters. The maximum Gasteiger partial charge on any atom is 0.220 e. The molecule has 3 heteroatoms. The van der Waals surface area contributed by atoms with Crippen molar-refractivity contribution >= 4 is 5.91 Å². The van der Waals surface area contributed by atoms with E-state index >= 15 is 0 Å². The fourth-order valence-corrected chi connectivity index (χ4v) is 2.46. The third kappa shape index (κ3) is 6.06. The van der Waals surface area contributed by atoms with Crippen LogP contribution in [0.2, 0.25) is 0 Å². The molecule has 1 fully saturated rings. The quantitative estimate of drug-likeness (QED) is 0.749. The summed E-state index contributed by atoms with van der Waals surface area (Å²) in [5.74, 6) is 0.989. The van der Waals surface area contributed by atoms with Crippen LogP contribution in [0.1, 0.15) is 58.8 Å². The molecule has 0 aliphatic heterocycles. The van der Waals surface area contributed by atoms with Crippen LogP contribution in [0.5, 0.6) is 0 Å². The van der Waals surface area contributed by atoms with E-state index in [1.807, 2.05) is 13.8 Å². The first kappa shape index (κ1) is 14.5. The second-order valence-electron chi connectivity index (χ2n) is 6.19. The smallest absolute Gasteiger partial charge is 0.220 e. The maximum absolute atomic E-state index is 11.7. The number of amides is 1. The molecular formula is C14H28N2O. The van der Waals surface area contributed by atoms with Crippen LogP contribution >= 0.6 is 0 Å². The molecule has 3 N–H and O–H groups in total. The molecule has 1 aliphatic rings. The molecule has 0 heterocycles. The number of hydrogen-bond acceptors (Lipinski definition) is 2. The fraction of sp³-hybridized carbons (Fsp3) is 0.929. The molecule has 1 rings (SSSR count). The topological polar surface area (TPSA) is 55.1 Å². The Hall–Kier alpha value is -0.570. The van der Waals surface area contributed by atoms with E-state index in [4.69, 9.17) is 5.73 Å². The van der Waals surface area contributed by atoms with Gasteiger partial charge in [-0.15, -0.1) is 0 Å². The van der Waals surface area contributed by atoms with Crippen molar-refractivity contribution < 1.29 is 4.79 Å². The fourth-order valence-electron chi connectivity index (χ4n) is 2.46. The van der Waals surface area contributed by atoms with Crippen molar-refractivity contribution in [1.82, 2.24) is 5.32 Å². The highest BCUT2D eigenvalue weighted by Crippen LogP contribution is 2.25. The van der Waals surface area contributed by atoms with E-state index in [-0.39, 0.29) is 11.3 Å². The first-order valence-electron chi connectivity index (χ1n) is 7.00. The Kier molecular flexibility index (Phi) is 5.96. The second kappa shape index (κ2) is 7.00. The van der Waals surface area contributed by atoms with Gasteiger partial charge in [-0.25, -0.2) is 0 Å². The van der Waals surface area contributed by atoms with Gasteiger partial charge in [0.1, 0.15) is 0 Å². The summed E-state index contributed by atoms with van der Waals surface area (Å²) in [6.07, 6.45) is 8.53. The lowest BCUT2D eigenvalue weighted by molar-refractivity contribution is -0.122. The standard InChI is InChI=1S/C14H28N2O/c1-14(2,11-15)10-13(17)16-9-8-12-6-4-3-5-7-12/h12H,3-11,15H2,1-2H3,(H,16,17). The average Bonchev–Trinajstić information content (AvgIpc) is 2.30. The lowest BCUT2D eigenvalue weighted by Crippen LogP contribution is -2.34. The highest BCUT2D eigenvalue weighted by atomic mass is 16.1. The van der Waals surface area contributed by atoms with Gasteiger partial charge >= 0.3 is 0 Å². The molecule has 3 nitrogen and oxygen atoms in total. The summed E-state index contributed by atoms with van der Waals surface area (Å²) < 4.78 is 0. The van der Waals surface area contributed by atoms with Gasteiger partial charge in [-0.2, -0.15) is 0 Å². The summed E-state index contributed by atoms with van der Waals surface area (Å²) in [4.78, 5) is 11.7. The number of rotatable bonds is 6. The normalized spacial score (nSPS) is 18.1. The lowest BCUT2D eigenvalue weighted by Gasteiger charge is -2.23. The molecule has 1 aliphatic carbocycles. The number of hydrogen-bond donors (Lipinski definition) is 2. The summed E-state index contributed by atoms with van der Waals surface area (Å²) in [6, 6.07) is 0. The predicted molar refractivity (Wildman–Crippen MR) is 71.7 cm³/mol. The first-order chi connectivity index (χ1) is 8.03. The van der Waals surface area contributed by atoms with Crippen LogP contribution in [0.4, 0.5) is 0 Å². The second-order valence-corrected chi connectivity index (χ2v) is 6.19. The third-order valence-corrected chi connectivity index (χ3v) is 3.79.